The first-order chi connectivity index (χ1) is 6.31. The van der Waals surface area contributed by atoms with Crippen LogP contribution in [0.4, 0.5) is 0 Å². The van der Waals surface area contributed by atoms with Crippen LogP contribution in [-0.2, 0) is 4.79 Å². The molecular formula is C12H20O. The maximum atomic E-state index is 11.6. The average molecular weight is 180 g/mol. The van der Waals surface area contributed by atoms with Crippen molar-refractivity contribution in [2.24, 2.45) is 17.8 Å². The van der Waals surface area contributed by atoms with Crippen molar-refractivity contribution in [3.05, 3.63) is 0 Å². The lowest BCUT2D eigenvalue weighted by atomic mass is 9.74. The van der Waals surface area contributed by atoms with Crippen LogP contribution in [0.3, 0.4) is 0 Å². The number of rotatable bonds is 2. The second-order valence-corrected chi connectivity index (χ2v) is 4.78. The van der Waals surface area contributed by atoms with Gasteiger partial charge in [-0.2, -0.15) is 0 Å². The molecule has 0 spiro atoms. The van der Waals surface area contributed by atoms with Gasteiger partial charge in [0, 0.05) is 12.3 Å². The smallest absolute Gasteiger partial charge is 0.135 e. The molecule has 2 aliphatic rings. The molecule has 1 heteroatoms. The summed E-state index contributed by atoms with van der Waals surface area (Å²) in [5.74, 6) is 2.85. The minimum Gasteiger partial charge on any atom is -0.299 e. The van der Waals surface area contributed by atoms with Gasteiger partial charge < -0.3 is 0 Å². The van der Waals surface area contributed by atoms with E-state index in [2.05, 4.69) is 0 Å². The molecule has 2 fully saturated rings. The van der Waals surface area contributed by atoms with Gasteiger partial charge in [-0.05, 0) is 31.1 Å². The molecule has 2 saturated carbocycles. The van der Waals surface area contributed by atoms with Crippen molar-refractivity contribution in [3.63, 3.8) is 0 Å². The molecule has 0 aromatic carbocycles. The molecule has 13 heavy (non-hydrogen) atoms. The van der Waals surface area contributed by atoms with Gasteiger partial charge in [-0.25, -0.2) is 0 Å². The van der Waals surface area contributed by atoms with E-state index in [4.69, 9.17) is 0 Å². The number of fused-ring (bicyclic) bond motifs is 1. The molecule has 2 rings (SSSR count). The van der Waals surface area contributed by atoms with E-state index in [0.29, 0.717) is 11.7 Å². The summed E-state index contributed by atoms with van der Waals surface area (Å²) in [7, 11) is 0. The van der Waals surface area contributed by atoms with Crippen LogP contribution >= 0.6 is 0 Å². The number of Topliss-reactive ketones (excluding diaryl/α,β-unsaturated/α-hetero) is 1. The molecule has 0 aromatic rings. The first-order valence-electron chi connectivity index (χ1n) is 5.84. The van der Waals surface area contributed by atoms with E-state index in [0.717, 1.165) is 18.3 Å². The Labute approximate surface area is 80.9 Å². The van der Waals surface area contributed by atoms with Gasteiger partial charge in [-0.15, -0.1) is 0 Å². The molecule has 0 bridgehead atoms. The minimum absolute atomic E-state index is 0.435. The van der Waals surface area contributed by atoms with Gasteiger partial charge in [0.15, 0.2) is 0 Å². The van der Waals surface area contributed by atoms with Crippen LogP contribution in [-0.4, -0.2) is 5.78 Å². The van der Waals surface area contributed by atoms with Gasteiger partial charge in [-0.3, -0.25) is 4.79 Å². The van der Waals surface area contributed by atoms with E-state index >= 15 is 0 Å². The maximum absolute atomic E-state index is 11.6. The summed E-state index contributed by atoms with van der Waals surface area (Å²) in [6, 6.07) is 0. The predicted octanol–water partition coefficient (Wildman–Crippen LogP) is 3.18. The second-order valence-electron chi connectivity index (χ2n) is 4.78. The van der Waals surface area contributed by atoms with Crippen LogP contribution in [0.2, 0.25) is 0 Å². The second kappa shape index (κ2) is 3.81. The molecule has 74 valence electrons. The Morgan fingerprint density at radius 2 is 1.92 bits per heavy atom. The topological polar surface area (TPSA) is 17.1 Å². The highest BCUT2D eigenvalue weighted by Crippen LogP contribution is 2.44. The van der Waals surface area contributed by atoms with E-state index in [1.54, 1.807) is 0 Å². The summed E-state index contributed by atoms with van der Waals surface area (Å²) in [5.41, 5.74) is 0. The van der Waals surface area contributed by atoms with Crippen LogP contribution in [0.15, 0.2) is 0 Å². The van der Waals surface area contributed by atoms with Crippen molar-refractivity contribution >= 4 is 5.78 Å². The van der Waals surface area contributed by atoms with Crippen LogP contribution in [0.25, 0.3) is 0 Å². The largest absolute Gasteiger partial charge is 0.299 e. The number of hydrogen-bond acceptors (Lipinski definition) is 1. The van der Waals surface area contributed by atoms with Crippen molar-refractivity contribution in [1.82, 2.24) is 0 Å². The highest BCUT2D eigenvalue weighted by atomic mass is 16.1. The SMILES string of the molecule is CCC(=O)C1CCC2CCCC2C1. The number of ketones is 1. The summed E-state index contributed by atoms with van der Waals surface area (Å²) in [5, 5.41) is 0. The lowest BCUT2D eigenvalue weighted by molar-refractivity contribution is -0.124. The van der Waals surface area contributed by atoms with Gasteiger partial charge in [0.05, 0.1) is 0 Å². The molecule has 0 saturated heterocycles. The highest BCUT2D eigenvalue weighted by Gasteiger charge is 2.35. The first-order valence-corrected chi connectivity index (χ1v) is 5.84. The molecule has 1 nitrogen and oxygen atoms in total. The summed E-state index contributed by atoms with van der Waals surface area (Å²) in [6.07, 6.45) is 8.76. The predicted molar refractivity (Wildman–Crippen MR) is 53.5 cm³/mol. The standard InChI is InChI=1S/C12H20O/c1-2-12(13)11-7-6-9-4-3-5-10(9)8-11/h9-11H,2-8H2,1H3. The van der Waals surface area contributed by atoms with Crippen molar-refractivity contribution in [1.29, 1.82) is 0 Å². The van der Waals surface area contributed by atoms with Gasteiger partial charge in [0.25, 0.3) is 0 Å². The molecule has 0 aliphatic heterocycles. The molecule has 3 atom stereocenters. The van der Waals surface area contributed by atoms with Crippen molar-refractivity contribution in [2.75, 3.05) is 0 Å². The minimum atomic E-state index is 0.435. The van der Waals surface area contributed by atoms with E-state index in [1.165, 1.54) is 38.5 Å². The van der Waals surface area contributed by atoms with E-state index in [1.807, 2.05) is 6.92 Å². The summed E-state index contributed by atoms with van der Waals surface area (Å²) in [6.45, 7) is 2.00. The summed E-state index contributed by atoms with van der Waals surface area (Å²) in [4.78, 5) is 11.6. The fourth-order valence-electron chi connectivity index (χ4n) is 3.28. The Hall–Kier alpha value is -0.330. The normalized spacial score (nSPS) is 38.7. The van der Waals surface area contributed by atoms with Gasteiger partial charge in [-0.1, -0.05) is 26.2 Å². The number of carbonyl (C=O) groups is 1. The zero-order valence-electron chi connectivity index (χ0n) is 8.59. The maximum Gasteiger partial charge on any atom is 0.135 e. The number of hydrogen-bond donors (Lipinski definition) is 0. The third kappa shape index (κ3) is 1.79. The molecular weight excluding hydrogens is 160 g/mol. The number of carbonyl (C=O) groups excluding carboxylic acids is 1. The van der Waals surface area contributed by atoms with E-state index in [-0.39, 0.29) is 0 Å². The monoisotopic (exact) mass is 180 g/mol. The Morgan fingerprint density at radius 3 is 2.69 bits per heavy atom. The zero-order valence-corrected chi connectivity index (χ0v) is 8.59. The van der Waals surface area contributed by atoms with Crippen molar-refractivity contribution in [3.8, 4) is 0 Å². The van der Waals surface area contributed by atoms with Crippen LogP contribution < -0.4 is 0 Å². The van der Waals surface area contributed by atoms with Gasteiger partial charge in [0.2, 0.25) is 0 Å². The lowest BCUT2D eigenvalue weighted by Crippen LogP contribution is -2.25. The Morgan fingerprint density at radius 1 is 1.15 bits per heavy atom. The molecule has 0 radical (unpaired) electrons. The molecule has 0 N–H and O–H groups in total. The van der Waals surface area contributed by atoms with Crippen LogP contribution in [0.1, 0.15) is 51.9 Å². The highest BCUT2D eigenvalue weighted by molar-refractivity contribution is 5.80. The van der Waals surface area contributed by atoms with E-state index in [9.17, 15) is 4.79 Å². The average Bonchev–Trinajstić information content (AvgIpc) is 2.63. The Balaban J connectivity index is 1.93. The quantitative estimate of drug-likeness (QED) is 0.638. The molecule has 0 aromatic heterocycles. The third-order valence-electron chi connectivity index (χ3n) is 4.09. The Kier molecular flexibility index (Phi) is 2.71. The van der Waals surface area contributed by atoms with E-state index < -0.39 is 0 Å². The van der Waals surface area contributed by atoms with Gasteiger partial charge >= 0.3 is 0 Å². The molecule has 3 unspecified atom stereocenters. The van der Waals surface area contributed by atoms with Crippen molar-refractivity contribution in [2.45, 2.75) is 51.9 Å². The lowest BCUT2D eigenvalue weighted by Gasteiger charge is -2.30. The zero-order chi connectivity index (χ0) is 9.26. The molecule has 0 heterocycles. The van der Waals surface area contributed by atoms with Crippen molar-refractivity contribution < 1.29 is 4.79 Å². The molecule has 2 aliphatic carbocycles. The molecule has 0 amide bonds. The third-order valence-corrected chi connectivity index (χ3v) is 4.09. The fourth-order valence-corrected chi connectivity index (χ4v) is 3.28. The van der Waals surface area contributed by atoms with Gasteiger partial charge in [0.1, 0.15) is 5.78 Å². The summed E-state index contributed by atoms with van der Waals surface area (Å²) >= 11 is 0. The first kappa shape index (κ1) is 9.23. The fraction of sp³-hybridized carbons (Fsp3) is 0.917. The summed E-state index contributed by atoms with van der Waals surface area (Å²) < 4.78 is 0. The van der Waals surface area contributed by atoms with Crippen LogP contribution in [0, 0.1) is 17.8 Å². The Bertz CT molecular complexity index is 197. The van der Waals surface area contributed by atoms with Crippen LogP contribution in [0.5, 0.6) is 0 Å².